The van der Waals surface area contributed by atoms with Crippen LogP contribution in [-0.2, 0) is 4.74 Å². The van der Waals surface area contributed by atoms with E-state index in [0.717, 1.165) is 0 Å². The molecule has 0 bridgehead atoms. The minimum Gasteiger partial charge on any atom is -0.465 e. The topological polar surface area (TPSA) is 66.8 Å². The van der Waals surface area contributed by atoms with Crippen LogP contribution in [0.25, 0.3) is 0 Å². The van der Waals surface area contributed by atoms with E-state index in [1.54, 1.807) is 24.3 Å². The molecule has 1 heterocycles. The third-order valence-electron chi connectivity index (χ3n) is 3.37. The number of carboxylic acid groups (broad SMARTS) is 1. The van der Waals surface area contributed by atoms with Crippen molar-refractivity contribution in [3.63, 3.8) is 0 Å². The Bertz CT molecular complexity index is 460. The molecule has 2 unspecified atom stereocenters. The molecule has 1 aromatic rings. The van der Waals surface area contributed by atoms with Gasteiger partial charge in [-0.1, -0.05) is 25.1 Å². The lowest BCUT2D eigenvalue weighted by atomic mass is 9.96. The molecule has 5 nitrogen and oxygen atoms in total. The van der Waals surface area contributed by atoms with Gasteiger partial charge in [-0.2, -0.15) is 0 Å². The smallest absolute Gasteiger partial charge is 0.407 e. The van der Waals surface area contributed by atoms with E-state index >= 15 is 0 Å². The molecule has 2 atom stereocenters. The van der Waals surface area contributed by atoms with Gasteiger partial charge in [0.05, 0.1) is 5.56 Å². The van der Waals surface area contributed by atoms with Crippen LogP contribution in [0.5, 0.6) is 0 Å². The summed E-state index contributed by atoms with van der Waals surface area (Å²) in [5, 5.41) is 8.92. The summed E-state index contributed by atoms with van der Waals surface area (Å²) >= 11 is 0. The number of hydrogen-bond acceptors (Lipinski definition) is 3. The second-order valence-electron chi connectivity index (χ2n) is 4.80. The first-order valence-corrected chi connectivity index (χ1v) is 6.32. The van der Waals surface area contributed by atoms with Gasteiger partial charge >= 0.3 is 12.1 Å². The zero-order chi connectivity index (χ0) is 13.8. The van der Waals surface area contributed by atoms with Gasteiger partial charge in [-0.3, -0.25) is 0 Å². The number of benzene rings is 1. The van der Waals surface area contributed by atoms with Gasteiger partial charge in [-0.25, -0.2) is 9.59 Å². The molecule has 1 aliphatic rings. The number of amides is 1. The molecule has 1 aliphatic heterocycles. The minimum absolute atomic E-state index is 0.0116. The molecule has 1 amide bonds. The highest BCUT2D eigenvalue weighted by molar-refractivity contribution is 5.89. The maximum absolute atomic E-state index is 11.9. The van der Waals surface area contributed by atoms with E-state index < -0.39 is 6.09 Å². The lowest BCUT2D eigenvalue weighted by molar-refractivity contribution is -0.00759. The Morgan fingerprint density at radius 2 is 2.00 bits per heavy atom. The summed E-state index contributed by atoms with van der Waals surface area (Å²) in [4.78, 5) is 24.1. The van der Waals surface area contributed by atoms with E-state index in [0.29, 0.717) is 25.1 Å². The molecule has 0 spiro atoms. The number of carbonyl (C=O) groups is 2. The van der Waals surface area contributed by atoms with Gasteiger partial charge in [0.2, 0.25) is 0 Å². The zero-order valence-corrected chi connectivity index (χ0v) is 10.8. The van der Waals surface area contributed by atoms with Crippen molar-refractivity contribution in [2.45, 2.75) is 19.4 Å². The average Bonchev–Trinajstić information content (AvgIpc) is 2.41. The summed E-state index contributed by atoms with van der Waals surface area (Å²) < 4.78 is 5.46. The molecule has 2 rings (SSSR count). The molecule has 19 heavy (non-hydrogen) atoms. The van der Waals surface area contributed by atoms with E-state index in [2.05, 4.69) is 0 Å². The molecule has 0 radical (unpaired) electrons. The SMILES string of the molecule is CC1CN(C(=O)O)CCC1OC(=O)c1ccccc1. The van der Waals surface area contributed by atoms with Crippen LogP contribution in [0.3, 0.4) is 0 Å². The molecule has 1 fully saturated rings. The molecule has 0 aliphatic carbocycles. The van der Waals surface area contributed by atoms with Crippen LogP contribution in [0.2, 0.25) is 0 Å². The van der Waals surface area contributed by atoms with Crippen molar-refractivity contribution < 1.29 is 19.4 Å². The second-order valence-corrected chi connectivity index (χ2v) is 4.80. The first kappa shape index (κ1) is 13.4. The van der Waals surface area contributed by atoms with Crippen LogP contribution in [0.4, 0.5) is 4.79 Å². The van der Waals surface area contributed by atoms with Crippen molar-refractivity contribution >= 4 is 12.1 Å². The van der Waals surface area contributed by atoms with Crippen LogP contribution < -0.4 is 0 Å². The molecule has 0 aromatic heterocycles. The fourth-order valence-electron chi connectivity index (χ4n) is 2.25. The van der Waals surface area contributed by atoms with Crippen LogP contribution in [0.15, 0.2) is 30.3 Å². The Hall–Kier alpha value is -2.04. The van der Waals surface area contributed by atoms with Gasteiger partial charge < -0.3 is 14.7 Å². The Kier molecular flexibility index (Phi) is 4.04. The highest BCUT2D eigenvalue weighted by Crippen LogP contribution is 2.21. The van der Waals surface area contributed by atoms with Crippen molar-refractivity contribution in [2.24, 2.45) is 5.92 Å². The van der Waals surface area contributed by atoms with Crippen molar-refractivity contribution in [3.05, 3.63) is 35.9 Å². The fourth-order valence-corrected chi connectivity index (χ4v) is 2.25. The van der Waals surface area contributed by atoms with Crippen LogP contribution in [0.1, 0.15) is 23.7 Å². The molecule has 1 N–H and O–H groups in total. The average molecular weight is 263 g/mol. The number of ether oxygens (including phenoxy) is 1. The van der Waals surface area contributed by atoms with E-state index in [4.69, 9.17) is 9.84 Å². The lowest BCUT2D eigenvalue weighted by Crippen LogP contribution is -2.45. The molecule has 5 heteroatoms. The summed E-state index contributed by atoms with van der Waals surface area (Å²) in [6.07, 6.45) is -0.588. The van der Waals surface area contributed by atoms with Gasteiger partial charge in [0, 0.05) is 25.4 Å². The Labute approximate surface area is 111 Å². The quantitative estimate of drug-likeness (QED) is 0.831. The van der Waals surface area contributed by atoms with Crippen LogP contribution in [0, 0.1) is 5.92 Å². The van der Waals surface area contributed by atoms with E-state index in [-0.39, 0.29) is 18.0 Å². The maximum atomic E-state index is 11.9. The summed E-state index contributed by atoms with van der Waals surface area (Å²) in [5.41, 5.74) is 0.523. The first-order chi connectivity index (χ1) is 9.08. The summed E-state index contributed by atoms with van der Waals surface area (Å²) in [6.45, 7) is 2.71. The number of hydrogen-bond donors (Lipinski definition) is 1. The highest BCUT2D eigenvalue weighted by atomic mass is 16.5. The number of likely N-dealkylation sites (tertiary alicyclic amines) is 1. The standard InChI is InChI=1S/C14H17NO4/c1-10-9-15(14(17)18)8-7-12(10)19-13(16)11-5-3-2-4-6-11/h2-6,10,12H,7-9H2,1H3,(H,17,18). The predicted octanol–water partition coefficient (Wildman–Crippen LogP) is 2.23. The number of piperidine rings is 1. The molecule has 0 saturated carbocycles. The minimum atomic E-state index is -0.917. The number of carbonyl (C=O) groups excluding carboxylic acids is 1. The van der Waals surface area contributed by atoms with Crippen molar-refractivity contribution in [2.75, 3.05) is 13.1 Å². The number of nitrogens with zero attached hydrogens (tertiary/aromatic N) is 1. The van der Waals surface area contributed by atoms with Gasteiger partial charge in [-0.05, 0) is 12.1 Å². The van der Waals surface area contributed by atoms with Crippen LogP contribution in [-0.4, -0.2) is 41.3 Å². The van der Waals surface area contributed by atoms with Crippen molar-refractivity contribution in [3.8, 4) is 0 Å². The molecule has 1 aromatic carbocycles. The van der Waals surface area contributed by atoms with E-state index in [9.17, 15) is 9.59 Å². The lowest BCUT2D eigenvalue weighted by Gasteiger charge is -2.34. The van der Waals surface area contributed by atoms with Crippen LogP contribution >= 0.6 is 0 Å². The Morgan fingerprint density at radius 1 is 1.32 bits per heavy atom. The maximum Gasteiger partial charge on any atom is 0.407 e. The molecular formula is C14H17NO4. The number of esters is 1. The largest absolute Gasteiger partial charge is 0.465 e. The fraction of sp³-hybridized carbons (Fsp3) is 0.429. The Balaban J connectivity index is 1.94. The summed E-state index contributed by atoms with van der Waals surface area (Å²) in [5.74, 6) is -0.335. The molecule has 102 valence electrons. The summed E-state index contributed by atoms with van der Waals surface area (Å²) in [7, 11) is 0. The van der Waals surface area contributed by atoms with Gasteiger partial charge in [0.15, 0.2) is 0 Å². The van der Waals surface area contributed by atoms with E-state index in [1.165, 1.54) is 4.90 Å². The third kappa shape index (κ3) is 3.24. The van der Waals surface area contributed by atoms with Gasteiger partial charge in [-0.15, -0.1) is 0 Å². The van der Waals surface area contributed by atoms with E-state index in [1.807, 2.05) is 13.0 Å². The first-order valence-electron chi connectivity index (χ1n) is 6.32. The zero-order valence-electron chi connectivity index (χ0n) is 10.8. The molecular weight excluding hydrogens is 246 g/mol. The third-order valence-corrected chi connectivity index (χ3v) is 3.37. The molecule has 1 saturated heterocycles. The monoisotopic (exact) mass is 263 g/mol. The normalized spacial score (nSPS) is 22.9. The van der Waals surface area contributed by atoms with Gasteiger partial charge in [0.1, 0.15) is 6.10 Å². The second kappa shape index (κ2) is 5.73. The van der Waals surface area contributed by atoms with Crippen molar-refractivity contribution in [1.82, 2.24) is 4.90 Å². The predicted molar refractivity (Wildman–Crippen MR) is 69.0 cm³/mol. The summed E-state index contributed by atoms with van der Waals surface area (Å²) in [6, 6.07) is 8.82. The highest BCUT2D eigenvalue weighted by Gasteiger charge is 2.31. The number of rotatable bonds is 2. The Morgan fingerprint density at radius 3 is 2.58 bits per heavy atom. The van der Waals surface area contributed by atoms with Gasteiger partial charge in [0.25, 0.3) is 0 Å². The van der Waals surface area contributed by atoms with Crippen molar-refractivity contribution in [1.29, 1.82) is 0 Å².